The molecule has 0 saturated carbocycles. The largest absolute Gasteiger partial charge is 0.573 e. The van der Waals surface area contributed by atoms with Gasteiger partial charge in [0.2, 0.25) is 11.8 Å². The predicted molar refractivity (Wildman–Crippen MR) is 145 cm³/mol. The van der Waals surface area contributed by atoms with Crippen molar-refractivity contribution < 1.29 is 32.3 Å². The molecule has 0 spiro atoms. The van der Waals surface area contributed by atoms with Gasteiger partial charge in [0, 0.05) is 57.4 Å². The van der Waals surface area contributed by atoms with E-state index in [0.29, 0.717) is 31.2 Å². The number of carbonyl (C=O) groups is 3. The standard InChI is InChI=1S/C27H27F3N6O4S/c1-18(37)36-15-13-35(14-16-36)17-23(38)34-25(19-8-11-31-12-9-19)41-26-22(3-2-10-32-26)24(39)33-20-4-6-21(7-5-20)40-27(28,29)30/h2-12,25H,13-17H2,1H3,(H,33,39)(H,34,38). The number of anilines is 1. The molecule has 0 aliphatic carbocycles. The van der Waals surface area contributed by atoms with E-state index in [4.69, 9.17) is 0 Å². The average molecular weight is 589 g/mol. The number of aromatic nitrogens is 2. The number of alkyl halides is 3. The second-order valence-corrected chi connectivity index (χ2v) is 10.1. The molecule has 10 nitrogen and oxygen atoms in total. The van der Waals surface area contributed by atoms with Crippen LogP contribution in [-0.2, 0) is 9.59 Å². The number of thioether (sulfide) groups is 1. The maximum absolute atomic E-state index is 13.1. The van der Waals surface area contributed by atoms with Crippen LogP contribution < -0.4 is 15.4 Å². The van der Waals surface area contributed by atoms with E-state index in [1.54, 1.807) is 41.6 Å². The summed E-state index contributed by atoms with van der Waals surface area (Å²) in [6.45, 7) is 3.92. The van der Waals surface area contributed by atoms with Crippen LogP contribution in [0.25, 0.3) is 0 Å². The molecule has 3 amide bonds. The molecule has 41 heavy (non-hydrogen) atoms. The van der Waals surface area contributed by atoms with Gasteiger partial charge in [0.1, 0.15) is 16.1 Å². The zero-order valence-corrected chi connectivity index (χ0v) is 22.7. The smallest absolute Gasteiger partial charge is 0.406 e. The van der Waals surface area contributed by atoms with Crippen molar-refractivity contribution in [3.8, 4) is 5.75 Å². The quantitative estimate of drug-likeness (QED) is 0.287. The number of ether oxygens (including phenoxy) is 1. The number of amides is 3. The minimum Gasteiger partial charge on any atom is -0.406 e. The fourth-order valence-corrected chi connectivity index (χ4v) is 5.16. The second kappa shape index (κ2) is 13.5. The third kappa shape index (κ3) is 8.91. The minimum atomic E-state index is -4.82. The molecule has 216 valence electrons. The van der Waals surface area contributed by atoms with Gasteiger partial charge < -0.3 is 20.3 Å². The number of rotatable bonds is 9. The van der Waals surface area contributed by atoms with E-state index in [1.165, 1.54) is 25.3 Å². The molecule has 1 unspecified atom stereocenters. The topological polar surface area (TPSA) is 117 Å². The SMILES string of the molecule is CC(=O)N1CCN(CC(=O)NC(Sc2ncccc2C(=O)Nc2ccc(OC(F)(F)F)cc2)c2ccncc2)CC1. The number of nitrogens with one attached hydrogen (secondary N) is 2. The molecule has 1 aliphatic heterocycles. The summed E-state index contributed by atoms with van der Waals surface area (Å²) in [6, 6.07) is 11.4. The Morgan fingerprint density at radius 2 is 1.68 bits per heavy atom. The first-order valence-electron chi connectivity index (χ1n) is 12.5. The van der Waals surface area contributed by atoms with Gasteiger partial charge in [0.25, 0.3) is 5.91 Å². The Morgan fingerprint density at radius 1 is 1.00 bits per heavy atom. The molecule has 3 heterocycles. The van der Waals surface area contributed by atoms with Crippen LogP contribution in [-0.4, -0.2) is 76.6 Å². The number of hydrogen-bond donors (Lipinski definition) is 2. The number of carbonyl (C=O) groups excluding carboxylic acids is 3. The van der Waals surface area contributed by atoms with Crippen LogP contribution in [0.4, 0.5) is 18.9 Å². The zero-order chi connectivity index (χ0) is 29.4. The number of piperazine rings is 1. The summed E-state index contributed by atoms with van der Waals surface area (Å²) in [5, 5.41) is 5.37. The van der Waals surface area contributed by atoms with Crippen LogP contribution >= 0.6 is 11.8 Å². The van der Waals surface area contributed by atoms with Gasteiger partial charge in [-0.05, 0) is 54.1 Å². The highest BCUT2D eigenvalue weighted by atomic mass is 32.2. The van der Waals surface area contributed by atoms with Gasteiger partial charge in [0.05, 0.1) is 12.1 Å². The summed E-state index contributed by atoms with van der Waals surface area (Å²) < 4.78 is 41.2. The Morgan fingerprint density at radius 3 is 2.32 bits per heavy atom. The lowest BCUT2D eigenvalue weighted by molar-refractivity contribution is -0.274. The Hall–Kier alpha value is -4.17. The minimum absolute atomic E-state index is 0.00550. The van der Waals surface area contributed by atoms with Gasteiger partial charge in [0.15, 0.2) is 0 Å². The maximum Gasteiger partial charge on any atom is 0.573 e. The van der Waals surface area contributed by atoms with Crippen molar-refractivity contribution in [1.82, 2.24) is 25.1 Å². The molecule has 0 bridgehead atoms. The normalized spacial score (nSPS) is 14.7. The Labute approximate surface area is 238 Å². The van der Waals surface area contributed by atoms with Crippen molar-refractivity contribution in [2.75, 3.05) is 38.0 Å². The molecular formula is C27H27F3N6O4S. The number of halogens is 3. The van der Waals surface area contributed by atoms with Crippen molar-refractivity contribution >= 4 is 35.2 Å². The third-order valence-electron chi connectivity index (χ3n) is 6.08. The molecule has 0 radical (unpaired) electrons. The predicted octanol–water partition coefficient (Wildman–Crippen LogP) is 3.70. The van der Waals surface area contributed by atoms with Crippen molar-refractivity contribution in [1.29, 1.82) is 0 Å². The highest BCUT2D eigenvalue weighted by Crippen LogP contribution is 2.34. The maximum atomic E-state index is 13.1. The van der Waals surface area contributed by atoms with Crippen LogP contribution in [0.5, 0.6) is 5.75 Å². The summed E-state index contributed by atoms with van der Waals surface area (Å²) in [6.07, 6.45) is -0.122. The molecule has 2 aromatic heterocycles. The van der Waals surface area contributed by atoms with Crippen molar-refractivity contribution in [2.45, 2.75) is 23.7 Å². The van der Waals surface area contributed by atoms with Gasteiger partial charge in [-0.1, -0.05) is 11.8 Å². The number of nitrogens with zero attached hydrogens (tertiary/aromatic N) is 4. The summed E-state index contributed by atoms with van der Waals surface area (Å²) in [5.41, 5.74) is 1.20. The first kappa shape index (κ1) is 29.8. The van der Waals surface area contributed by atoms with Gasteiger partial charge >= 0.3 is 6.36 Å². The van der Waals surface area contributed by atoms with E-state index < -0.39 is 23.4 Å². The lowest BCUT2D eigenvalue weighted by Gasteiger charge is -2.34. The van der Waals surface area contributed by atoms with Crippen LogP contribution in [0.3, 0.4) is 0 Å². The van der Waals surface area contributed by atoms with Crippen LogP contribution in [0.2, 0.25) is 0 Å². The van der Waals surface area contributed by atoms with Crippen LogP contribution in [0.15, 0.2) is 72.1 Å². The van der Waals surface area contributed by atoms with Crippen molar-refractivity contribution in [3.63, 3.8) is 0 Å². The van der Waals surface area contributed by atoms with Crippen LogP contribution in [0, 0.1) is 0 Å². The lowest BCUT2D eigenvalue weighted by atomic mass is 10.2. The second-order valence-electron chi connectivity index (χ2n) is 9.01. The lowest BCUT2D eigenvalue weighted by Crippen LogP contribution is -2.50. The number of benzene rings is 1. The highest BCUT2D eigenvalue weighted by molar-refractivity contribution is 7.99. The van der Waals surface area contributed by atoms with E-state index in [2.05, 4.69) is 25.3 Å². The molecule has 2 N–H and O–H groups in total. The highest BCUT2D eigenvalue weighted by Gasteiger charge is 2.31. The first-order chi connectivity index (χ1) is 19.6. The van der Waals surface area contributed by atoms with Crippen LogP contribution in [0.1, 0.15) is 28.2 Å². The van der Waals surface area contributed by atoms with E-state index in [1.807, 2.05) is 4.90 Å². The summed E-state index contributed by atoms with van der Waals surface area (Å²) in [5.74, 6) is -1.18. The molecule has 14 heteroatoms. The first-order valence-corrected chi connectivity index (χ1v) is 13.4. The third-order valence-corrected chi connectivity index (χ3v) is 7.25. The van der Waals surface area contributed by atoms with Gasteiger partial charge in [-0.15, -0.1) is 13.2 Å². The molecule has 1 atom stereocenters. The number of pyridine rings is 2. The Kier molecular flexibility index (Phi) is 9.78. The fraction of sp³-hybridized carbons (Fsp3) is 0.296. The van der Waals surface area contributed by atoms with Crippen molar-refractivity contribution in [2.24, 2.45) is 0 Å². The Bertz CT molecular complexity index is 1350. The van der Waals surface area contributed by atoms with Gasteiger partial charge in [-0.2, -0.15) is 0 Å². The molecule has 3 aromatic rings. The number of hydrogen-bond acceptors (Lipinski definition) is 8. The summed E-state index contributed by atoms with van der Waals surface area (Å²) in [4.78, 5) is 49.8. The van der Waals surface area contributed by atoms with Crippen molar-refractivity contribution in [3.05, 3.63) is 78.2 Å². The molecule has 1 saturated heterocycles. The monoisotopic (exact) mass is 588 g/mol. The van der Waals surface area contributed by atoms with E-state index in [0.717, 1.165) is 29.5 Å². The molecule has 4 rings (SSSR count). The molecule has 1 aromatic carbocycles. The van der Waals surface area contributed by atoms with E-state index in [9.17, 15) is 27.6 Å². The average Bonchev–Trinajstić information content (AvgIpc) is 2.94. The van der Waals surface area contributed by atoms with E-state index in [-0.39, 0.29) is 29.6 Å². The Balaban J connectivity index is 1.45. The van der Waals surface area contributed by atoms with Gasteiger partial charge in [-0.25, -0.2) is 4.98 Å². The summed E-state index contributed by atoms with van der Waals surface area (Å²) >= 11 is 1.16. The summed E-state index contributed by atoms with van der Waals surface area (Å²) in [7, 11) is 0. The molecular weight excluding hydrogens is 561 g/mol. The van der Waals surface area contributed by atoms with Gasteiger partial charge in [-0.3, -0.25) is 24.3 Å². The molecule has 1 aliphatic rings. The zero-order valence-electron chi connectivity index (χ0n) is 21.9. The fourth-order valence-electron chi connectivity index (χ4n) is 4.04. The van der Waals surface area contributed by atoms with E-state index >= 15 is 0 Å². The molecule has 1 fully saturated rings.